The molecule has 0 aliphatic heterocycles. The summed E-state index contributed by atoms with van der Waals surface area (Å²) in [6, 6.07) is 11.6. The van der Waals surface area contributed by atoms with Crippen molar-refractivity contribution in [3.05, 3.63) is 91.3 Å². The zero-order valence-corrected chi connectivity index (χ0v) is 30.3. The highest BCUT2D eigenvalue weighted by atomic mass is 32.1. The molecule has 6 aromatic rings. The second-order valence-electron chi connectivity index (χ2n) is 11.1. The van der Waals surface area contributed by atoms with Crippen LogP contribution in [0.3, 0.4) is 0 Å². The number of rotatable bonds is 10. The number of hydrogen-bond acceptors (Lipinski definition) is 10. The minimum Gasteiger partial charge on any atom is -0.477 e. The third-order valence-electron chi connectivity index (χ3n) is 7.87. The first-order valence-electron chi connectivity index (χ1n) is 14.3. The van der Waals surface area contributed by atoms with E-state index in [9.17, 15) is 39.6 Å². The van der Waals surface area contributed by atoms with Crippen LogP contribution in [0.1, 0.15) is 49.8 Å². The summed E-state index contributed by atoms with van der Waals surface area (Å²) in [4.78, 5) is 45.6. The first-order chi connectivity index (χ1) is 24.8. The van der Waals surface area contributed by atoms with Gasteiger partial charge in [-0.1, -0.05) is 0 Å². The van der Waals surface area contributed by atoms with Crippen molar-refractivity contribution in [1.82, 2.24) is 0 Å². The van der Waals surface area contributed by atoms with Crippen molar-refractivity contribution >= 4 is 103 Å². The van der Waals surface area contributed by atoms with Crippen molar-refractivity contribution in [3.63, 3.8) is 0 Å². The molecule has 1 aliphatic rings. The van der Waals surface area contributed by atoms with Gasteiger partial charge in [-0.15, -0.1) is 68.0 Å². The van der Waals surface area contributed by atoms with Crippen LogP contribution in [-0.4, -0.2) is 62.1 Å². The fourth-order valence-electron chi connectivity index (χ4n) is 5.52. The number of allylic oxidation sites excluding steroid dienone is 2. The molecule has 0 fully saturated rings. The molecule has 0 saturated heterocycles. The lowest BCUT2D eigenvalue weighted by molar-refractivity contribution is -0.254. The highest BCUT2D eigenvalue weighted by Crippen LogP contribution is 2.67. The SMILES string of the molecule is O=C(O)c1ccc(-c2cc(C3=C(c4cc(-c5ccc(C(=O)O)s5)sc4-c4ccc(C(=O)O)s4)C(F)(F)C(F)(F)C3(F)F)c(-c3ccc(C(=O)O)s3)s2)s1. The van der Waals surface area contributed by atoms with Gasteiger partial charge in [0.25, 0.3) is 0 Å². The molecule has 20 heteroatoms. The monoisotopic (exact) mass is 844 g/mol. The second kappa shape index (κ2) is 12.8. The first kappa shape index (κ1) is 36.7. The fraction of sp³-hybridized carbons (Fsp3) is 0.0909. The number of carboxylic acid groups (broad SMARTS) is 4. The average Bonchev–Trinajstić information content (AvgIpc) is 3.92. The van der Waals surface area contributed by atoms with Crippen molar-refractivity contribution in [2.75, 3.05) is 0 Å². The smallest absolute Gasteiger partial charge is 0.380 e. The van der Waals surface area contributed by atoms with E-state index in [0.717, 1.165) is 24.3 Å². The summed E-state index contributed by atoms with van der Waals surface area (Å²) in [6.45, 7) is 0. The van der Waals surface area contributed by atoms with E-state index < -0.39 is 63.9 Å². The zero-order valence-electron chi connectivity index (χ0n) is 25.4. The minimum atomic E-state index is -6.02. The van der Waals surface area contributed by atoms with Gasteiger partial charge in [-0.05, 0) is 60.7 Å². The average molecular weight is 845 g/mol. The Morgan fingerprint density at radius 3 is 0.981 bits per heavy atom. The molecule has 0 saturated carbocycles. The summed E-state index contributed by atoms with van der Waals surface area (Å²) in [5, 5.41) is 38.0. The molecular weight excluding hydrogens is 831 g/mol. The summed E-state index contributed by atoms with van der Waals surface area (Å²) in [6.07, 6.45) is 0. The van der Waals surface area contributed by atoms with Crippen LogP contribution in [0.15, 0.2) is 60.7 Å². The van der Waals surface area contributed by atoms with Gasteiger partial charge in [0.2, 0.25) is 0 Å². The van der Waals surface area contributed by atoms with Crippen molar-refractivity contribution in [1.29, 1.82) is 0 Å². The summed E-state index contributed by atoms with van der Waals surface area (Å²) in [7, 11) is 0. The minimum absolute atomic E-state index is 0.0364. The number of hydrogen-bond donors (Lipinski definition) is 4. The molecule has 6 aromatic heterocycles. The quantitative estimate of drug-likeness (QED) is 0.0996. The highest BCUT2D eigenvalue weighted by Gasteiger charge is 2.80. The largest absolute Gasteiger partial charge is 0.477 e. The Morgan fingerprint density at radius 1 is 0.415 bits per heavy atom. The summed E-state index contributed by atoms with van der Waals surface area (Å²) in [5.41, 5.74) is -5.12. The van der Waals surface area contributed by atoms with Gasteiger partial charge in [-0.3, -0.25) is 0 Å². The Kier molecular flexibility index (Phi) is 8.85. The number of alkyl halides is 6. The summed E-state index contributed by atoms with van der Waals surface area (Å²) < 4.78 is 96.7. The Bertz CT molecular complexity index is 2370. The molecule has 4 N–H and O–H groups in total. The Balaban J connectivity index is 1.57. The molecular formula is C33H14F6O8S6. The van der Waals surface area contributed by atoms with Crippen molar-refractivity contribution < 1.29 is 65.9 Å². The van der Waals surface area contributed by atoms with Gasteiger partial charge in [0.1, 0.15) is 19.5 Å². The predicted octanol–water partition coefficient (Wildman–Crippen LogP) is 11.3. The summed E-state index contributed by atoms with van der Waals surface area (Å²) in [5.74, 6) is -22.6. The van der Waals surface area contributed by atoms with E-state index in [1.165, 1.54) is 36.4 Å². The summed E-state index contributed by atoms with van der Waals surface area (Å²) >= 11 is 3.91. The standard InChI is InChI=1S/C33H14F6O8S6/c34-31(35)23(11-9-21(13-1-5-17(48-13)27(40)41)52-25(11)15-3-7-19(50-15)29(44)45)24(32(36,37)33(31,38)39)12-10-22(14-2-6-18(49-14)28(42)43)53-26(12)16-4-8-20(51-16)30(46)47/h1-10H,(H,40,41)(H,42,43)(H,44,45)(H,46,47). The first-order valence-corrected chi connectivity index (χ1v) is 19.2. The van der Waals surface area contributed by atoms with Crippen LogP contribution in [0.25, 0.3) is 50.2 Å². The predicted molar refractivity (Wildman–Crippen MR) is 191 cm³/mol. The van der Waals surface area contributed by atoms with Crippen LogP contribution in [0.4, 0.5) is 26.3 Å². The van der Waals surface area contributed by atoms with Crippen LogP contribution < -0.4 is 0 Å². The maximum absolute atomic E-state index is 16.3. The van der Waals surface area contributed by atoms with Gasteiger partial charge < -0.3 is 20.4 Å². The third-order valence-corrected chi connectivity index (χ3v) is 15.2. The molecule has 0 amide bonds. The van der Waals surface area contributed by atoms with Crippen LogP contribution >= 0.6 is 68.0 Å². The lowest BCUT2D eigenvalue weighted by atomic mass is 9.94. The van der Waals surface area contributed by atoms with Crippen molar-refractivity contribution in [2.24, 2.45) is 0 Å². The molecule has 6 heterocycles. The Labute approximate surface area is 315 Å². The molecule has 53 heavy (non-hydrogen) atoms. The van der Waals surface area contributed by atoms with Crippen molar-refractivity contribution in [2.45, 2.75) is 17.8 Å². The van der Waals surface area contributed by atoms with Gasteiger partial charge >= 0.3 is 41.6 Å². The van der Waals surface area contributed by atoms with Crippen molar-refractivity contribution in [3.8, 4) is 39.0 Å². The Hall–Kier alpha value is -4.60. The molecule has 7 rings (SSSR count). The lowest BCUT2D eigenvalue weighted by Crippen LogP contribution is -2.48. The van der Waals surface area contributed by atoms with Crippen LogP contribution in [-0.2, 0) is 0 Å². The van der Waals surface area contributed by atoms with Crippen LogP contribution in [0.2, 0.25) is 0 Å². The second-order valence-corrected chi connectivity index (χ2v) is 17.5. The fourth-order valence-corrected chi connectivity index (χ4v) is 11.6. The third kappa shape index (κ3) is 5.83. The van der Waals surface area contributed by atoms with E-state index in [-0.39, 0.29) is 58.5 Å². The maximum Gasteiger partial charge on any atom is 0.380 e. The molecule has 0 aromatic carbocycles. The van der Waals surface area contributed by atoms with Gasteiger partial charge in [-0.25, -0.2) is 19.2 Å². The van der Waals surface area contributed by atoms with E-state index in [1.807, 2.05) is 0 Å². The number of thiophene rings is 6. The van der Waals surface area contributed by atoms with Gasteiger partial charge in [-0.2, -0.15) is 26.3 Å². The van der Waals surface area contributed by atoms with Crippen LogP contribution in [0, 0.1) is 0 Å². The molecule has 0 bridgehead atoms. The van der Waals surface area contributed by atoms with Gasteiger partial charge in [0.05, 0.1) is 9.75 Å². The lowest BCUT2D eigenvalue weighted by Gasteiger charge is -2.25. The van der Waals surface area contributed by atoms with Gasteiger partial charge in [0, 0.05) is 51.5 Å². The molecule has 1 aliphatic carbocycles. The molecule has 0 atom stereocenters. The van der Waals surface area contributed by atoms with E-state index in [2.05, 4.69) is 0 Å². The molecule has 0 unspecified atom stereocenters. The zero-order chi connectivity index (χ0) is 38.4. The van der Waals surface area contributed by atoms with Crippen LogP contribution in [0.5, 0.6) is 0 Å². The molecule has 272 valence electrons. The maximum atomic E-state index is 16.3. The molecule has 0 spiro atoms. The van der Waals surface area contributed by atoms with Gasteiger partial charge in [0.15, 0.2) is 0 Å². The number of carboxylic acids is 4. The van der Waals surface area contributed by atoms with E-state index in [0.29, 0.717) is 68.0 Å². The normalized spacial score (nSPS) is 16.0. The molecule has 0 radical (unpaired) electrons. The van der Waals surface area contributed by atoms with E-state index >= 15 is 26.3 Å². The Morgan fingerprint density at radius 2 is 0.698 bits per heavy atom. The van der Waals surface area contributed by atoms with E-state index in [1.54, 1.807) is 0 Å². The number of aromatic carboxylic acids is 4. The topological polar surface area (TPSA) is 149 Å². The highest BCUT2D eigenvalue weighted by molar-refractivity contribution is 7.28. The number of carbonyl (C=O) groups is 4. The molecule has 8 nitrogen and oxygen atoms in total. The number of halogens is 6. The van der Waals surface area contributed by atoms with E-state index in [4.69, 9.17) is 0 Å².